The molecule has 14 heteroatoms. The lowest BCUT2D eigenvalue weighted by atomic mass is 9.77. The van der Waals surface area contributed by atoms with E-state index in [0.717, 1.165) is 106 Å². The lowest BCUT2D eigenvalue weighted by molar-refractivity contribution is -0.136. The highest BCUT2D eigenvalue weighted by Gasteiger charge is 2.45. The summed E-state index contributed by atoms with van der Waals surface area (Å²) < 4.78 is 0. The molecule has 5 saturated heterocycles. The second kappa shape index (κ2) is 14.8. The largest absolute Gasteiger partial charge is 0.372 e. The summed E-state index contributed by atoms with van der Waals surface area (Å²) in [6, 6.07) is 18.5. The van der Waals surface area contributed by atoms with E-state index in [1.54, 1.807) is 18.2 Å². The number of nitrogens with one attached hydrogen (secondary N) is 1. The number of hydrogen-bond acceptors (Lipinski definition) is 9. The minimum absolute atomic E-state index is 0.0679. The van der Waals surface area contributed by atoms with Crippen molar-refractivity contribution in [3.05, 3.63) is 93.8 Å². The molecular formula is C43H45ClN8O5. The van der Waals surface area contributed by atoms with E-state index in [1.807, 2.05) is 35.2 Å². The molecule has 5 fully saturated rings. The van der Waals surface area contributed by atoms with Crippen molar-refractivity contribution in [3.8, 4) is 0 Å². The number of piperidine rings is 2. The molecule has 0 aliphatic carbocycles. The van der Waals surface area contributed by atoms with E-state index in [1.165, 1.54) is 0 Å². The number of carbonyl (C=O) groups excluding carboxylic acids is 5. The van der Waals surface area contributed by atoms with Gasteiger partial charge in [-0.25, -0.2) is 4.85 Å². The van der Waals surface area contributed by atoms with E-state index < -0.39 is 29.7 Å². The van der Waals surface area contributed by atoms with Gasteiger partial charge in [0.15, 0.2) is 0 Å². The average Bonchev–Trinajstić information content (AvgIpc) is 3.95. The maximum Gasteiger partial charge on any atom is 0.262 e. The predicted molar refractivity (Wildman–Crippen MR) is 216 cm³/mol. The highest BCUT2D eigenvalue weighted by Crippen LogP contribution is 2.43. The van der Waals surface area contributed by atoms with E-state index in [2.05, 4.69) is 41.9 Å². The van der Waals surface area contributed by atoms with Gasteiger partial charge in [-0.1, -0.05) is 23.7 Å². The van der Waals surface area contributed by atoms with Crippen LogP contribution in [-0.2, 0) is 9.59 Å². The van der Waals surface area contributed by atoms with Gasteiger partial charge in [-0.05, 0) is 86.1 Å². The Morgan fingerprint density at radius 2 is 1.46 bits per heavy atom. The van der Waals surface area contributed by atoms with Gasteiger partial charge in [0.05, 0.1) is 17.7 Å². The Labute approximate surface area is 336 Å². The van der Waals surface area contributed by atoms with E-state index in [0.29, 0.717) is 35.4 Å². The SMILES string of the molecule is [C-]#[N+]c1ccc(N2CCC3(CC2)CCN(c2cccc(C(=O)N4CCN(C5CCN(c6ccc7c(c6)C(=O)N(C6CCC(=O)NC6=O)C7=O)C5)CC4)c2)C3)cc1Cl. The fraction of sp³-hybridized carbons (Fsp3) is 0.442. The van der Waals surface area contributed by atoms with Crippen LogP contribution < -0.4 is 20.0 Å². The average molecular weight is 789 g/mol. The van der Waals surface area contributed by atoms with Crippen LogP contribution in [0.2, 0.25) is 5.02 Å². The monoisotopic (exact) mass is 788 g/mol. The Balaban J connectivity index is 0.770. The molecule has 0 radical (unpaired) electrons. The van der Waals surface area contributed by atoms with Crippen molar-refractivity contribution >= 4 is 63.9 Å². The summed E-state index contributed by atoms with van der Waals surface area (Å²) in [5.41, 5.74) is 5.07. The molecule has 6 heterocycles. The van der Waals surface area contributed by atoms with Crippen molar-refractivity contribution in [2.75, 3.05) is 80.1 Å². The van der Waals surface area contributed by atoms with Gasteiger partial charge in [-0.15, -0.1) is 0 Å². The van der Waals surface area contributed by atoms with Crippen LogP contribution in [0.3, 0.4) is 0 Å². The highest BCUT2D eigenvalue weighted by molar-refractivity contribution is 6.33. The van der Waals surface area contributed by atoms with Crippen molar-refractivity contribution < 1.29 is 24.0 Å². The normalized spacial score (nSPS) is 23.7. The molecule has 294 valence electrons. The zero-order valence-electron chi connectivity index (χ0n) is 31.8. The maximum absolute atomic E-state index is 13.8. The van der Waals surface area contributed by atoms with Gasteiger partial charge in [0.25, 0.3) is 17.7 Å². The molecule has 6 aliphatic heterocycles. The van der Waals surface area contributed by atoms with Crippen LogP contribution in [0.1, 0.15) is 69.6 Å². The predicted octanol–water partition coefficient (Wildman–Crippen LogP) is 4.83. The first-order valence-electron chi connectivity index (χ1n) is 20.0. The topological polar surface area (TPSA) is 121 Å². The smallest absolute Gasteiger partial charge is 0.262 e. The molecule has 13 nitrogen and oxygen atoms in total. The van der Waals surface area contributed by atoms with Crippen molar-refractivity contribution in [1.29, 1.82) is 0 Å². The second-order valence-corrected chi connectivity index (χ2v) is 16.8. The molecule has 57 heavy (non-hydrogen) atoms. The maximum atomic E-state index is 13.8. The summed E-state index contributed by atoms with van der Waals surface area (Å²) in [6.45, 7) is 15.6. The summed E-state index contributed by atoms with van der Waals surface area (Å²) in [5, 5.41) is 2.75. The molecule has 6 aliphatic rings. The summed E-state index contributed by atoms with van der Waals surface area (Å²) >= 11 is 6.34. The second-order valence-electron chi connectivity index (χ2n) is 16.4. The standard InChI is InChI=1S/C43H45ClN8O5/c1-45-36-8-6-31(25-35(36)44)47-16-12-43(13-17-47)14-18-51(27-43)29-4-2-3-28(23-29)40(55)49-21-19-48(20-22-49)32-11-15-50(26-32)30-5-7-33-34(24-30)42(57)52(41(33)56)37-9-10-38(53)46-39(37)54/h2-8,23-25,32,37H,9-22,26-27H2,(H,46,53,54). The van der Waals surface area contributed by atoms with Crippen LogP contribution in [0, 0.1) is 12.0 Å². The lowest BCUT2D eigenvalue weighted by Crippen LogP contribution is -2.54. The number of hydrogen-bond donors (Lipinski definition) is 1. The Bertz CT molecular complexity index is 2210. The van der Waals surface area contributed by atoms with Crippen molar-refractivity contribution in [2.24, 2.45) is 5.41 Å². The number of halogens is 1. The Kier molecular flexibility index (Phi) is 9.65. The molecule has 3 aromatic rings. The number of rotatable bonds is 6. The first-order chi connectivity index (χ1) is 27.6. The molecule has 9 rings (SSSR count). The molecule has 3 aromatic carbocycles. The Morgan fingerprint density at radius 1 is 0.754 bits per heavy atom. The third kappa shape index (κ3) is 6.89. The molecule has 2 unspecified atom stereocenters. The number of anilines is 3. The van der Waals surface area contributed by atoms with E-state index in [4.69, 9.17) is 18.2 Å². The number of benzene rings is 3. The molecule has 1 spiro atoms. The van der Waals surface area contributed by atoms with E-state index in [-0.39, 0.29) is 29.7 Å². The number of amides is 5. The molecular weight excluding hydrogens is 744 g/mol. The molecule has 0 saturated carbocycles. The van der Waals surface area contributed by atoms with Gasteiger partial charge in [0.2, 0.25) is 17.5 Å². The fourth-order valence-electron chi connectivity index (χ4n) is 9.82. The van der Waals surface area contributed by atoms with E-state index >= 15 is 0 Å². The first kappa shape index (κ1) is 37.1. The van der Waals surface area contributed by atoms with Crippen molar-refractivity contribution in [2.45, 2.75) is 50.6 Å². The zero-order chi connectivity index (χ0) is 39.4. The van der Waals surface area contributed by atoms with Crippen LogP contribution in [-0.4, -0.2) is 122 Å². The minimum atomic E-state index is -0.985. The van der Waals surface area contributed by atoms with Gasteiger partial charge in [0, 0.05) is 106 Å². The van der Waals surface area contributed by atoms with Crippen LogP contribution in [0.25, 0.3) is 4.85 Å². The Hall–Kier alpha value is -5.45. The van der Waals surface area contributed by atoms with Gasteiger partial charge in [0.1, 0.15) is 6.04 Å². The lowest BCUT2D eigenvalue weighted by Gasteiger charge is -2.40. The van der Waals surface area contributed by atoms with Crippen LogP contribution in [0.5, 0.6) is 0 Å². The van der Waals surface area contributed by atoms with E-state index in [9.17, 15) is 24.0 Å². The fourth-order valence-corrected chi connectivity index (χ4v) is 10.0. The van der Waals surface area contributed by atoms with Crippen LogP contribution in [0.15, 0.2) is 60.7 Å². The van der Waals surface area contributed by atoms with Gasteiger partial charge >= 0.3 is 0 Å². The number of piperazine rings is 1. The van der Waals surface area contributed by atoms with Crippen LogP contribution in [0.4, 0.5) is 22.7 Å². The number of imide groups is 2. The van der Waals surface area contributed by atoms with Crippen LogP contribution >= 0.6 is 11.6 Å². The third-order valence-electron chi connectivity index (χ3n) is 13.2. The van der Waals surface area contributed by atoms with Crippen molar-refractivity contribution in [1.82, 2.24) is 20.0 Å². The third-order valence-corrected chi connectivity index (χ3v) is 13.5. The highest BCUT2D eigenvalue weighted by atomic mass is 35.5. The summed E-state index contributed by atoms with van der Waals surface area (Å²) in [5.74, 6) is -1.94. The van der Waals surface area contributed by atoms with Gasteiger partial charge in [-0.2, -0.15) is 0 Å². The summed E-state index contributed by atoms with van der Waals surface area (Å²) in [6.07, 6.45) is 4.47. The molecule has 0 aromatic heterocycles. The molecule has 2 atom stereocenters. The first-order valence-corrected chi connectivity index (χ1v) is 20.4. The summed E-state index contributed by atoms with van der Waals surface area (Å²) in [4.78, 5) is 80.5. The number of carbonyl (C=O) groups is 5. The zero-order valence-corrected chi connectivity index (χ0v) is 32.5. The molecule has 0 bridgehead atoms. The number of fused-ring (bicyclic) bond motifs is 1. The van der Waals surface area contributed by atoms with Crippen molar-refractivity contribution in [3.63, 3.8) is 0 Å². The van der Waals surface area contributed by atoms with Gasteiger partial charge < -0.3 is 19.6 Å². The number of nitrogens with zero attached hydrogens (tertiary/aromatic N) is 7. The Morgan fingerprint density at radius 3 is 2.19 bits per heavy atom. The summed E-state index contributed by atoms with van der Waals surface area (Å²) in [7, 11) is 0. The van der Waals surface area contributed by atoms with Gasteiger partial charge in [-0.3, -0.25) is 39.1 Å². The molecule has 5 amide bonds. The quantitative estimate of drug-likeness (QED) is 0.277. The minimum Gasteiger partial charge on any atom is -0.372 e. The molecule has 1 N–H and O–H groups in total.